The molecular formula is C22H16N4O3. The first-order chi connectivity index (χ1) is 14.3. The fourth-order valence-corrected chi connectivity index (χ4v) is 3.18. The summed E-state index contributed by atoms with van der Waals surface area (Å²) in [7, 11) is 0. The number of benzene rings is 2. The maximum Gasteiger partial charge on any atom is 0.294 e. The van der Waals surface area contributed by atoms with E-state index in [2.05, 4.69) is 15.5 Å². The number of pyridine rings is 1. The van der Waals surface area contributed by atoms with Crippen molar-refractivity contribution in [2.24, 2.45) is 0 Å². The lowest BCUT2D eigenvalue weighted by Crippen LogP contribution is -2.15. The molecular weight excluding hydrogens is 368 g/mol. The number of hydrogen-bond acceptors (Lipinski definition) is 5. The van der Waals surface area contributed by atoms with Gasteiger partial charge in [0.25, 0.3) is 5.91 Å². The van der Waals surface area contributed by atoms with Gasteiger partial charge in [0.15, 0.2) is 11.4 Å². The minimum Gasteiger partial charge on any atom is -0.489 e. The van der Waals surface area contributed by atoms with Gasteiger partial charge in [0.1, 0.15) is 17.9 Å². The lowest BCUT2D eigenvalue weighted by atomic mass is 10.1. The molecule has 0 saturated heterocycles. The number of rotatable bonds is 5. The molecule has 3 aromatic heterocycles. The van der Waals surface area contributed by atoms with Crippen molar-refractivity contribution in [1.29, 1.82) is 0 Å². The molecule has 0 fully saturated rings. The molecule has 0 radical (unpaired) electrons. The van der Waals surface area contributed by atoms with Gasteiger partial charge >= 0.3 is 0 Å². The molecule has 1 N–H and O–H groups in total. The van der Waals surface area contributed by atoms with E-state index in [1.165, 1.54) is 0 Å². The molecule has 5 rings (SSSR count). The highest BCUT2D eigenvalue weighted by atomic mass is 16.5. The summed E-state index contributed by atoms with van der Waals surface area (Å²) in [5, 5.41) is 11.7. The van der Waals surface area contributed by atoms with Crippen LogP contribution in [0.4, 0.5) is 5.95 Å². The first-order valence-electron chi connectivity index (χ1n) is 9.09. The number of anilines is 1. The van der Waals surface area contributed by atoms with Gasteiger partial charge in [-0.05, 0) is 30.3 Å². The molecule has 0 unspecified atom stereocenters. The first-order valence-corrected chi connectivity index (χ1v) is 9.09. The van der Waals surface area contributed by atoms with Crippen molar-refractivity contribution in [3.05, 3.63) is 90.3 Å². The van der Waals surface area contributed by atoms with Crippen molar-refractivity contribution in [1.82, 2.24) is 14.6 Å². The van der Waals surface area contributed by atoms with Gasteiger partial charge in [0.05, 0.1) is 0 Å². The van der Waals surface area contributed by atoms with E-state index in [9.17, 15) is 4.79 Å². The Kier molecular flexibility index (Phi) is 4.18. The molecule has 142 valence electrons. The van der Waals surface area contributed by atoms with Gasteiger partial charge in [-0.2, -0.15) is 0 Å². The van der Waals surface area contributed by atoms with Crippen molar-refractivity contribution < 1.29 is 13.9 Å². The molecule has 0 saturated carbocycles. The normalized spacial score (nSPS) is 11.0. The Labute approximate surface area is 165 Å². The molecule has 1 amide bonds. The molecule has 29 heavy (non-hydrogen) atoms. The van der Waals surface area contributed by atoms with E-state index in [-0.39, 0.29) is 12.4 Å². The largest absolute Gasteiger partial charge is 0.489 e. The quantitative estimate of drug-likeness (QED) is 0.488. The molecule has 0 aliphatic heterocycles. The first kappa shape index (κ1) is 17.0. The summed E-state index contributed by atoms with van der Waals surface area (Å²) >= 11 is 0. The smallest absolute Gasteiger partial charge is 0.294 e. The molecule has 0 spiro atoms. The Balaban J connectivity index is 1.49. The number of nitrogens with one attached hydrogen (secondary N) is 1. The van der Waals surface area contributed by atoms with Crippen LogP contribution in [-0.2, 0) is 6.61 Å². The molecule has 3 heterocycles. The van der Waals surface area contributed by atoms with Crippen LogP contribution in [0.25, 0.3) is 16.6 Å². The molecule has 0 bridgehead atoms. The number of amides is 1. The van der Waals surface area contributed by atoms with Crippen LogP contribution in [0.5, 0.6) is 5.75 Å². The number of carbonyl (C=O) groups excluding carboxylic acids is 1. The average Bonchev–Trinajstić information content (AvgIpc) is 3.35. The Morgan fingerprint density at radius 3 is 2.66 bits per heavy atom. The molecule has 5 aromatic rings. The Morgan fingerprint density at radius 2 is 1.76 bits per heavy atom. The summed E-state index contributed by atoms with van der Waals surface area (Å²) in [6.07, 6.45) is 1.78. The van der Waals surface area contributed by atoms with Crippen molar-refractivity contribution in [3.8, 4) is 5.75 Å². The summed E-state index contributed by atoms with van der Waals surface area (Å²) in [5.41, 5.74) is 1.94. The summed E-state index contributed by atoms with van der Waals surface area (Å²) in [6, 6.07) is 22.4. The van der Waals surface area contributed by atoms with Gasteiger partial charge in [0, 0.05) is 17.1 Å². The molecule has 0 atom stereocenters. The third kappa shape index (κ3) is 3.19. The maximum atomic E-state index is 13.0. The predicted octanol–water partition coefficient (Wildman–Crippen LogP) is 4.31. The van der Waals surface area contributed by atoms with Crippen LogP contribution >= 0.6 is 0 Å². The van der Waals surface area contributed by atoms with Gasteiger partial charge in [0.2, 0.25) is 5.95 Å². The van der Waals surface area contributed by atoms with Gasteiger partial charge in [-0.25, -0.2) is 0 Å². The number of aromatic nitrogens is 3. The fraction of sp³-hybridized carbons (Fsp3) is 0.0455. The zero-order valence-corrected chi connectivity index (χ0v) is 15.3. The van der Waals surface area contributed by atoms with E-state index >= 15 is 0 Å². The third-order valence-corrected chi connectivity index (χ3v) is 4.57. The standard InChI is InChI=1S/C22H16N4O3/c27-21(23-22-25-24-19-12-6-7-13-26(19)22)20-17(14-28-15-8-2-1-3-9-15)16-10-4-5-11-18(16)29-20/h1-13H,14H2,(H,23,25,27). The second kappa shape index (κ2) is 7.12. The van der Waals surface area contributed by atoms with Crippen molar-refractivity contribution in [2.75, 3.05) is 5.32 Å². The Morgan fingerprint density at radius 1 is 0.966 bits per heavy atom. The highest BCUT2D eigenvalue weighted by molar-refractivity contribution is 6.05. The number of furan rings is 1. The minimum absolute atomic E-state index is 0.190. The van der Waals surface area contributed by atoms with Crippen LogP contribution < -0.4 is 10.1 Å². The predicted molar refractivity (Wildman–Crippen MR) is 108 cm³/mol. The highest BCUT2D eigenvalue weighted by Crippen LogP contribution is 2.28. The van der Waals surface area contributed by atoms with Crippen LogP contribution in [0.15, 0.2) is 83.4 Å². The number of nitrogens with zero attached hydrogens (tertiary/aromatic N) is 3. The van der Waals surface area contributed by atoms with Gasteiger partial charge in [-0.15, -0.1) is 10.2 Å². The second-order valence-electron chi connectivity index (χ2n) is 6.41. The minimum atomic E-state index is -0.411. The van der Waals surface area contributed by atoms with Crippen LogP contribution in [0.2, 0.25) is 0 Å². The summed E-state index contributed by atoms with van der Waals surface area (Å²) in [4.78, 5) is 13.0. The lowest BCUT2D eigenvalue weighted by Gasteiger charge is -2.07. The molecule has 7 nitrogen and oxygen atoms in total. The average molecular weight is 384 g/mol. The van der Waals surface area contributed by atoms with E-state index in [1.807, 2.05) is 72.8 Å². The second-order valence-corrected chi connectivity index (χ2v) is 6.41. The number of carbonyl (C=O) groups is 1. The molecule has 0 aliphatic rings. The Hall–Kier alpha value is -4.13. The molecule has 0 aliphatic carbocycles. The summed E-state index contributed by atoms with van der Waals surface area (Å²) in [5.74, 6) is 0.814. The van der Waals surface area contributed by atoms with Crippen LogP contribution in [0, 0.1) is 0 Å². The van der Waals surface area contributed by atoms with Crippen LogP contribution in [0.1, 0.15) is 16.1 Å². The molecule has 7 heteroatoms. The number of hydrogen-bond donors (Lipinski definition) is 1. The van der Waals surface area contributed by atoms with Gasteiger partial charge in [-0.3, -0.25) is 14.5 Å². The third-order valence-electron chi connectivity index (χ3n) is 4.57. The van der Waals surface area contributed by atoms with E-state index < -0.39 is 5.91 Å². The van der Waals surface area contributed by atoms with Crippen LogP contribution in [-0.4, -0.2) is 20.5 Å². The van der Waals surface area contributed by atoms with Gasteiger partial charge in [-0.1, -0.05) is 42.5 Å². The van der Waals surface area contributed by atoms with Crippen molar-refractivity contribution in [2.45, 2.75) is 6.61 Å². The fourth-order valence-electron chi connectivity index (χ4n) is 3.18. The number of ether oxygens (including phenoxy) is 1. The zero-order chi connectivity index (χ0) is 19.6. The van der Waals surface area contributed by atoms with E-state index in [1.54, 1.807) is 10.6 Å². The number of para-hydroxylation sites is 2. The van der Waals surface area contributed by atoms with Crippen molar-refractivity contribution in [3.63, 3.8) is 0 Å². The van der Waals surface area contributed by atoms with E-state index in [0.717, 1.165) is 5.39 Å². The number of fused-ring (bicyclic) bond motifs is 2. The van der Waals surface area contributed by atoms with Crippen molar-refractivity contribution >= 4 is 28.5 Å². The topological polar surface area (TPSA) is 81.7 Å². The lowest BCUT2D eigenvalue weighted by molar-refractivity contribution is 0.0994. The van der Waals surface area contributed by atoms with Crippen LogP contribution in [0.3, 0.4) is 0 Å². The zero-order valence-electron chi connectivity index (χ0n) is 15.3. The Bertz CT molecular complexity index is 1310. The van der Waals surface area contributed by atoms with Gasteiger partial charge < -0.3 is 9.15 Å². The SMILES string of the molecule is O=C(Nc1nnc2ccccn12)c1oc2ccccc2c1COc1ccccc1. The summed E-state index contributed by atoms with van der Waals surface area (Å²) in [6.45, 7) is 0.199. The van der Waals surface area contributed by atoms with E-state index in [4.69, 9.17) is 9.15 Å². The molecule has 2 aromatic carbocycles. The van der Waals surface area contributed by atoms with E-state index in [0.29, 0.717) is 28.5 Å². The monoisotopic (exact) mass is 384 g/mol. The summed E-state index contributed by atoms with van der Waals surface area (Å²) < 4.78 is 13.4. The maximum absolute atomic E-state index is 13.0. The highest BCUT2D eigenvalue weighted by Gasteiger charge is 2.22.